The second kappa shape index (κ2) is 11.1. The van der Waals surface area contributed by atoms with E-state index in [0.717, 1.165) is 24.1 Å². The third-order valence-corrected chi connectivity index (χ3v) is 7.67. The van der Waals surface area contributed by atoms with E-state index >= 15 is 0 Å². The number of rotatable bonds is 6. The van der Waals surface area contributed by atoms with Gasteiger partial charge in [-0.15, -0.1) is 11.3 Å². The molecule has 3 aromatic heterocycles. The van der Waals surface area contributed by atoms with Crippen LogP contribution in [0.3, 0.4) is 0 Å². The van der Waals surface area contributed by atoms with Gasteiger partial charge in [0.2, 0.25) is 5.91 Å². The van der Waals surface area contributed by atoms with Crippen molar-refractivity contribution in [3.05, 3.63) is 55.6 Å². The minimum atomic E-state index is -0.706. The van der Waals surface area contributed by atoms with E-state index in [-0.39, 0.29) is 23.9 Å². The van der Waals surface area contributed by atoms with Gasteiger partial charge in [-0.05, 0) is 37.5 Å². The number of carbonyl (C=O) groups is 2. The van der Waals surface area contributed by atoms with Crippen molar-refractivity contribution < 1.29 is 9.59 Å². The van der Waals surface area contributed by atoms with Crippen LogP contribution in [-0.4, -0.2) is 51.2 Å². The molecule has 4 rings (SSSR count). The first kappa shape index (κ1) is 27.6. The Morgan fingerprint density at radius 3 is 2.50 bits per heavy atom. The minimum Gasteiger partial charge on any atom is -0.354 e. The molecule has 0 unspecified atom stereocenters. The highest BCUT2D eigenvalue weighted by atomic mass is 35.5. The second-order valence-corrected chi connectivity index (χ2v) is 12.3. The zero-order chi connectivity index (χ0) is 27.6. The lowest BCUT2D eigenvalue weighted by Gasteiger charge is -2.27. The Morgan fingerprint density at radius 1 is 1.18 bits per heavy atom. The number of aromatic nitrogens is 3. The maximum absolute atomic E-state index is 13.4. The first-order valence-electron chi connectivity index (χ1n) is 12.5. The molecule has 0 bridgehead atoms. The lowest BCUT2D eigenvalue weighted by Crippen LogP contribution is -2.39. The molecule has 11 heteroatoms. The largest absolute Gasteiger partial charge is 0.354 e. The van der Waals surface area contributed by atoms with Crippen LogP contribution in [-0.2, 0) is 17.9 Å². The van der Waals surface area contributed by atoms with E-state index in [1.807, 2.05) is 50.9 Å². The predicted octanol–water partition coefficient (Wildman–Crippen LogP) is 4.63. The zero-order valence-electron chi connectivity index (χ0n) is 22.0. The Morgan fingerprint density at radius 2 is 1.89 bits per heavy atom. The summed E-state index contributed by atoms with van der Waals surface area (Å²) in [6.45, 7) is 7.15. The molecule has 0 N–H and O–H groups in total. The van der Waals surface area contributed by atoms with Crippen molar-refractivity contribution >= 4 is 40.6 Å². The summed E-state index contributed by atoms with van der Waals surface area (Å²) in [6, 6.07) is 8.93. The Hall–Kier alpha value is -3.42. The predicted molar refractivity (Wildman–Crippen MR) is 149 cm³/mol. The van der Waals surface area contributed by atoms with Crippen molar-refractivity contribution in [3.63, 3.8) is 0 Å². The molecule has 1 saturated heterocycles. The molecule has 9 nitrogen and oxygen atoms in total. The average Bonchev–Trinajstić information content (AvgIpc) is 3.51. The Balaban J connectivity index is 1.74. The minimum absolute atomic E-state index is 0.0891. The number of piperidine rings is 1. The third kappa shape index (κ3) is 6.00. The van der Waals surface area contributed by atoms with Gasteiger partial charge in [-0.3, -0.25) is 14.4 Å². The maximum atomic E-state index is 13.4. The lowest BCUT2D eigenvalue weighted by atomic mass is 9.96. The highest BCUT2D eigenvalue weighted by molar-refractivity contribution is 7.16. The van der Waals surface area contributed by atoms with Gasteiger partial charge in [0, 0.05) is 48.3 Å². The van der Waals surface area contributed by atoms with Crippen molar-refractivity contribution in [1.82, 2.24) is 19.2 Å². The van der Waals surface area contributed by atoms with E-state index in [1.165, 1.54) is 26.7 Å². The SMILES string of the molecule is CN(Cc1ccc(Cl)s1)c1cc(-c2cc(C#N)c(=O)n(CC(=O)N3CCCCC3)c2)nn1C(=O)C(C)(C)C. The van der Waals surface area contributed by atoms with Gasteiger partial charge in [-0.1, -0.05) is 32.4 Å². The molecular weight excluding hydrogens is 524 g/mol. The van der Waals surface area contributed by atoms with Crippen molar-refractivity contribution in [2.24, 2.45) is 5.41 Å². The molecule has 0 aromatic carbocycles. The molecule has 0 aliphatic carbocycles. The first-order chi connectivity index (χ1) is 18.0. The summed E-state index contributed by atoms with van der Waals surface area (Å²) in [7, 11) is 1.86. The van der Waals surface area contributed by atoms with Crippen molar-refractivity contribution in [2.45, 2.75) is 53.1 Å². The van der Waals surface area contributed by atoms with E-state index in [2.05, 4.69) is 5.10 Å². The molecule has 4 heterocycles. The van der Waals surface area contributed by atoms with Crippen LogP contribution in [0.1, 0.15) is 55.3 Å². The van der Waals surface area contributed by atoms with Crippen LogP contribution in [0, 0.1) is 16.7 Å². The summed E-state index contributed by atoms with van der Waals surface area (Å²) >= 11 is 7.56. The maximum Gasteiger partial charge on any atom is 0.268 e. The quantitative estimate of drug-likeness (QED) is 0.440. The molecular formula is C27H31ClN6O3S. The van der Waals surface area contributed by atoms with Gasteiger partial charge in [-0.2, -0.15) is 15.0 Å². The highest BCUT2D eigenvalue weighted by Gasteiger charge is 2.29. The Bertz CT molecular complexity index is 1450. The standard InChI is InChI=1S/C27H31ClN6O3S/c1-27(2,3)26(37)34-23(31(4)16-20-8-9-22(28)38-20)13-21(30-34)19-12-18(14-29)25(36)33(15-19)17-24(35)32-10-6-5-7-11-32/h8-9,12-13,15H,5-7,10-11,16-17H2,1-4H3. The number of thiophene rings is 1. The summed E-state index contributed by atoms with van der Waals surface area (Å²) in [4.78, 5) is 43.8. The number of hydrogen-bond donors (Lipinski definition) is 0. The normalized spacial score (nSPS) is 13.8. The van der Waals surface area contributed by atoms with Gasteiger partial charge in [0.1, 0.15) is 24.0 Å². The zero-order valence-corrected chi connectivity index (χ0v) is 23.6. The van der Waals surface area contributed by atoms with Gasteiger partial charge in [0.25, 0.3) is 11.5 Å². The van der Waals surface area contributed by atoms with Crippen LogP contribution >= 0.6 is 22.9 Å². The highest BCUT2D eigenvalue weighted by Crippen LogP contribution is 2.30. The third-order valence-electron chi connectivity index (χ3n) is 6.45. The Labute approximate surface area is 230 Å². The number of nitrogens with zero attached hydrogens (tertiary/aromatic N) is 6. The first-order valence-corrected chi connectivity index (χ1v) is 13.7. The summed E-state index contributed by atoms with van der Waals surface area (Å²) in [5.74, 6) is 0.199. The molecule has 0 atom stereocenters. The van der Waals surface area contributed by atoms with Crippen LogP contribution in [0.4, 0.5) is 5.82 Å². The fraction of sp³-hybridized carbons (Fsp3) is 0.444. The molecule has 0 saturated carbocycles. The van der Waals surface area contributed by atoms with Gasteiger partial charge in [0.05, 0.1) is 16.6 Å². The van der Waals surface area contributed by atoms with Crippen LogP contribution in [0.2, 0.25) is 4.34 Å². The molecule has 3 aromatic rings. The molecule has 0 spiro atoms. The number of halogens is 1. The summed E-state index contributed by atoms with van der Waals surface area (Å²) < 4.78 is 3.32. The summed E-state index contributed by atoms with van der Waals surface area (Å²) in [5.41, 5.74) is -0.429. The molecule has 1 amide bonds. The van der Waals surface area contributed by atoms with Crippen LogP contribution in [0.25, 0.3) is 11.3 Å². The van der Waals surface area contributed by atoms with Gasteiger partial charge < -0.3 is 14.4 Å². The monoisotopic (exact) mass is 554 g/mol. The summed E-state index contributed by atoms with van der Waals surface area (Å²) in [5, 5.41) is 14.3. The average molecular weight is 555 g/mol. The van der Waals surface area contributed by atoms with Gasteiger partial charge in [0.15, 0.2) is 0 Å². The number of nitriles is 1. The molecule has 0 radical (unpaired) electrons. The number of likely N-dealkylation sites (tertiary alicyclic amines) is 1. The van der Waals surface area contributed by atoms with Crippen LogP contribution in [0.15, 0.2) is 35.3 Å². The van der Waals surface area contributed by atoms with E-state index < -0.39 is 11.0 Å². The fourth-order valence-electron chi connectivity index (χ4n) is 4.37. The number of anilines is 1. The van der Waals surface area contributed by atoms with Gasteiger partial charge >= 0.3 is 0 Å². The van der Waals surface area contributed by atoms with E-state index in [1.54, 1.807) is 17.2 Å². The molecule has 1 fully saturated rings. The topological polar surface area (TPSA) is 104 Å². The smallest absolute Gasteiger partial charge is 0.268 e. The van der Waals surface area contributed by atoms with Gasteiger partial charge in [-0.25, -0.2) is 0 Å². The molecule has 1 aliphatic heterocycles. The van der Waals surface area contributed by atoms with Crippen LogP contribution in [0.5, 0.6) is 0 Å². The fourth-order valence-corrected chi connectivity index (χ4v) is 5.51. The number of carbonyl (C=O) groups excluding carboxylic acids is 2. The molecule has 200 valence electrons. The van der Waals surface area contributed by atoms with E-state index in [4.69, 9.17) is 11.6 Å². The van der Waals surface area contributed by atoms with Crippen molar-refractivity contribution in [1.29, 1.82) is 5.26 Å². The summed E-state index contributed by atoms with van der Waals surface area (Å²) in [6.07, 6.45) is 4.51. The molecule has 1 aliphatic rings. The van der Waals surface area contributed by atoms with Crippen molar-refractivity contribution in [2.75, 3.05) is 25.0 Å². The Kier molecular flexibility index (Phi) is 8.09. The number of hydrogen-bond acceptors (Lipinski definition) is 7. The lowest BCUT2D eigenvalue weighted by molar-refractivity contribution is -0.132. The number of amides is 1. The number of pyridine rings is 1. The van der Waals surface area contributed by atoms with Crippen molar-refractivity contribution in [3.8, 4) is 17.3 Å². The van der Waals surface area contributed by atoms with E-state index in [0.29, 0.717) is 41.0 Å². The van der Waals surface area contributed by atoms with E-state index in [9.17, 15) is 19.6 Å². The second-order valence-electron chi connectivity index (χ2n) is 10.5. The van der Waals surface area contributed by atoms with Crippen LogP contribution < -0.4 is 10.5 Å². The molecule has 38 heavy (non-hydrogen) atoms.